The number of rotatable bonds is 4. The second-order valence-electron chi connectivity index (χ2n) is 5.32. The fraction of sp³-hybridized carbons (Fsp3) is 0.923. The molecule has 0 aromatic rings. The molecule has 0 spiro atoms. The predicted molar refractivity (Wildman–Crippen MR) is 68.7 cm³/mol. The van der Waals surface area contributed by atoms with Crippen LogP contribution in [0, 0.1) is 0 Å². The Morgan fingerprint density at radius 2 is 2.29 bits per heavy atom. The molecule has 1 rings (SSSR count). The van der Waals surface area contributed by atoms with Crippen molar-refractivity contribution in [2.45, 2.75) is 63.6 Å². The second kappa shape index (κ2) is 5.83. The zero-order valence-corrected chi connectivity index (χ0v) is 11.5. The first-order chi connectivity index (χ1) is 7.94. The number of hydrogen-bond donors (Lipinski definition) is 1. The van der Waals surface area contributed by atoms with E-state index < -0.39 is 5.54 Å². The summed E-state index contributed by atoms with van der Waals surface area (Å²) in [6.07, 6.45) is 4.68. The number of carbonyl (C=O) groups is 1. The van der Waals surface area contributed by atoms with E-state index in [1.54, 1.807) is 0 Å². The van der Waals surface area contributed by atoms with E-state index in [1.807, 2.05) is 0 Å². The highest BCUT2D eigenvalue weighted by Crippen LogP contribution is 2.31. The summed E-state index contributed by atoms with van der Waals surface area (Å²) in [6.45, 7) is 4.39. The Hall–Kier alpha value is -0.610. The van der Waals surface area contributed by atoms with E-state index in [4.69, 9.17) is 10.5 Å². The minimum atomic E-state index is -0.778. The Labute approximate surface area is 104 Å². The van der Waals surface area contributed by atoms with Gasteiger partial charge in [-0.25, -0.2) is 0 Å². The molecule has 4 heteroatoms. The molecule has 0 radical (unpaired) electrons. The molecule has 0 bridgehead atoms. The lowest BCUT2D eigenvalue weighted by molar-refractivity contribution is -0.149. The molecule has 0 heterocycles. The van der Waals surface area contributed by atoms with Crippen molar-refractivity contribution < 1.29 is 9.53 Å². The van der Waals surface area contributed by atoms with Crippen LogP contribution in [0.2, 0.25) is 0 Å². The van der Waals surface area contributed by atoms with Gasteiger partial charge in [0.2, 0.25) is 0 Å². The van der Waals surface area contributed by atoms with E-state index in [9.17, 15) is 4.79 Å². The molecule has 0 aromatic heterocycles. The average molecular weight is 242 g/mol. The maximum absolute atomic E-state index is 11.7. The first-order valence-electron chi connectivity index (χ1n) is 6.54. The van der Waals surface area contributed by atoms with Crippen LogP contribution in [0.5, 0.6) is 0 Å². The molecule has 3 atom stereocenters. The van der Waals surface area contributed by atoms with E-state index in [-0.39, 0.29) is 5.97 Å². The predicted octanol–water partition coefficient (Wildman–Crippen LogP) is 1.53. The Bertz CT molecular complexity index is 270. The van der Waals surface area contributed by atoms with Gasteiger partial charge in [0.25, 0.3) is 0 Å². The minimum absolute atomic E-state index is 0.264. The molecule has 1 saturated carbocycles. The Morgan fingerprint density at radius 3 is 2.82 bits per heavy atom. The van der Waals surface area contributed by atoms with Crippen LogP contribution in [0.25, 0.3) is 0 Å². The van der Waals surface area contributed by atoms with Crippen molar-refractivity contribution in [1.29, 1.82) is 0 Å². The van der Waals surface area contributed by atoms with Crippen LogP contribution in [-0.4, -0.2) is 42.6 Å². The second-order valence-corrected chi connectivity index (χ2v) is 5.32. The normalized spacial score (nSPS) is 31.3. The number of nitrogens with zero attached hydrogens (tertiary/aromatic N) is 1. The van der Waals surface area contributed by atoms with E-state index in [1.165, 1.54) is 7.11 Å². The van der Waals surface area contributed by atoms with E-state index in [2.05, 4.69) is 25.8 Å². The van der Waals surface area contributed by atoms with Gasteiger partial charge in [-0.3, -0.25) is 4.79 Å². The van der Waals surface area contributed by atoms with Crippen LogP contribution in [0.1, 0.15) is 46.0 Å². The van der Waals surface area contributed by atoms with Crippen LogP contribution in [0.3, 0.4) is 0 Å². The van der Waals surface area contributed by atoms with Crippen LogP contribution < -0.4 is 5.73 Å². The lowest BCUT2D eigenvalue weighted by atomic mass is 9.79. The highest BCUT2D eigenvalue weighted by Gasteiger charge is 2.41. The van der Waals surface area contributed by atoms with Gasteiger partial charge in [0.05, 0.1) is 7.11 Å². The first kappa shape index (κ1) is 14.5. The topological polar surface area (TPSA) is 55.6 Å². The lowest BCUT2D eigenvalue weighted by Crippen LogP contribution is -2.56. The summed E-state index contributed by atoms with van der Waals surface area (Å²) >= 11 is 0. The van der Waals surface area contributed by atoms with Gasteiger partial charge < -0.3 is 15.4 Å². The maximum Gasteiger partial charge on any atom is 0.325 e. The average Bonchev–Trinajstić information content (AvgIpc) is 2.35. The highest BCUT2D eigenvalue weighted by molar-refractivity contribution is 5.80. The summed E-state index contributed by atoms with van der Waals surface area (Å²) in [5.74, 6) is -0.264. The molecule has 1 aliphatic rings. The lowest BCUT2D eigenvalue weighted by Gasteiger charge is -2.41. The molecular formula is C13H26N2O2. The van der Waals surface area contributed by atoms with E-state index in [0.29, 0.717) is 18.5 Å². The number of methoxy groups -OCH3 is 1. The van der Waals surface area contributed by atoms with E-state index in [0.717, 1.165) is 25.7 Å². The molecule has 17 heavy (non-hydrogen) atoms. The van der Waals surface area contributed by atoms with Crippen LogP contribution in [0.15, 0.2) is 0 Å². The van der Waals surface area contributed by atoms with E-state index >= 15 is 0 Å². The largest absolute Gasteiger partial charge is 0.468 e. The molecular weight excluding hydrogens is 216 g/mol. The minimum Gasteiger partial charge on any atom is -0.468 e. The van der Waals surface area contributed by atoms with Gasteiger partial charge >= 0.3 is 5.97 Å². The molecule has 4 nitrogen and oxygen atoms in total. The van der Waals surface area contributed by atoms with Gasteiger partial charge in [-0.1, -0.05) is 6.92 Å². The molecule has 1 aliphatic carbocycles. The summed E-state index contributed by atoms with van der Waals surface area (Å²) in [5.41, 5.74) is 5.40. The number of nitrogens with two attached hydrogens (primary N) is 1. The standard InChI is InChI=1S/C13H26N2O2/c1-5-10(2)15(3)11-7-6-8-13(14,9-11)12(16)17-4/h10-11H,5-9,14H2,1-4H3. The van der Waals surface area contributed by atoms with Crippen molar-refractivity contribution in [2.24, 2.45) is 5.73 Å². The zero-order valence-electron chi connectivity index (χ0n) is 11.5. The molecule has 2 N–H and O–H groups in total. The summed E-state index contributed by atoms with van der Waals surface area (Å²) in [6, 6.07) is 0.919. The van der Waals surface area contributed by atoms with Crippen LogP contribution >= 0.6 is 0 Å². The SMILES string of the molecule is CCC(C)N(C)C1CCCC(N)(C(=O)OC)C1. The molecule has 0 amide bonds. The Morgan fingerprint density at radius 1 is 1.65 bits per heavy atom. The van der Waals surface area contributed by atoms with Crippen molar-refractivity contribution in [2.75, 3.05) is 14.2 Å². The van der Waals surface area contributed by atoms with Gasteiger partial charge in [-0.2, -0.15) is 0 Å². The van der Waals surface area contributed by atoms with Gasteiger partial charge in [0.15, 0.2) is 0 Å². The van der Waals surface area contributed by atoms with Crippen LogP contribution in [-0.2, 0) is 9.53 Å². The first-order valence-corrected chi connectivity index (χ1v) is 6.54. The fourth-order valence-corrected chi connectivity index (χ4v) is 2.66. The quantitative estimate of drug-likeness (QED) is 0.760. The van der Waals surface area contributed by atoms with Crippen molar-refractivity contribution in [3.8, 4) is 0 Å². The molecule has 0 aromatic carbocycles. The summed E-state index contributed by atoms with van der Waals surface area (Å²) < 4.78 is 4.83. The molecule has 0 aliphatic heterocycles. The monoisotopic (exact) mass is 242 g/mol. The van der Waals surface area contributed by atoms with Gasteiger partial charge in [0.1, 0.15) is 5.54 Å². The van der Waals surface area contributed by atoms with Crippen molar-refractivity contribution >= 4 is 5.97 Å². The Balaban J connectivity index is 2.69. The Kier molecular flexibility index (Phi) is 4.95. The number of carbonyl (C=O) groups excluding carboxylic acids is 1. The third-order valence-electron chi connectivity index (χ3n) is 4.21. The number of esters is 1. The van der Waals surface area contributed by atoms with Gasteiger partial charge in [0, 0.05) is 12.1 Å². The van der Waals surface area contributed by atoms with Gasteiger partial charge in [-0.05, 0) is 46.1 Å². The molecule has 100 valence electrons. The zero-order chi connectivity index (χ0) is 13.1. The fourth-order valence-electron chi connectivity index (χ4n) is 2.66. The van der Waals surface area contributed by atoms with Crippen LogP contribution in [0.4, 0.5) is 0 Å². The summed E-state index contributed by atoms with van der Waals surface area (Å²) in [4.78, 5) is 14.1. The summed E-state index contributed by atoms with van der Waals surface area (Å²) in [7, 11) is 3.54. The molecule has 0 saturated heterocycles. The third-order valence-corrected chi connectivity index (χ3v) is 4.21. The third kappa shape index (κ3) is 3.19. The smallest absolute Gasteiger partial charge is 0.325 e. The summed E-state index contributed by atoms with van der Waals surface area (Å²) in [5, 5.41) is 0. The number of hydrogen-bond acceptors (Lipinski definition) is 4. The van der Waals surface area contributed by atoms with Crippen molar-refractivity contribution in [1.82, 2.24) is 4.90 Å². The molecule has 1 fully saturated rings. The maximum atomic E-state index is 11.7. The highest BCUT2D eigenvalue weighted by atomic mass is 16.5. The van der Waals surface area contributed by atoms with Crippen molar-refractivity contribution in [3.05, 3.63) is 0 Å². The number of ether oxygens (including phenoxy) is 1. The van der Waals surface area contributed by atoms with Gasteiger partial charge in [-0.15, -0.1) is 0 Å². The van der Waals surface area contributed by atoms with Crippen molar-refractivity contribution in [3.63, 3.8) is 0 Å². The molecule has 3 unspecified atom stereocenters.